The lowest BCUT2D eigenvalue weighted by molar-refractivity contribution is 0.0992. The van der Waals surface area contributed by atoms with Crippen LogP contribution in [0.15, 0.2) is 65.1 Å². The third-order valence-corrected chi connectivity index (χ3v) is 5.63. The van der Waals surface area contributed by atoms with E-state index in [1.54, 1.807) is 72.5 Å². The van der Waals surface area contributed by atoms with Gasteiger partial charge in [-0.3, -0.25) is 9.48 Å². The molecule has 0 unspecified atom stereocenters. The Morgan fingerprint density at radius 2 is 1.76 bits per heavy atom. The molecule has 0 aliphatic carbocycles. The Balaban J connectivity index is 1.37. The summed E-state index contributed by atoms with van der Waals surface area (Å²) in [6.07, 6.45) is 0. The van der Waals surface area contributed by atoms with Crippen molar-refractivity contribution in [2.75, 3.05) is 12.4 Å². The number of furan rings is 1. The Kier molecular flexibility index (Phi) is 6.91. The first kappa shape index (κ1) is 22.8. The molecule has 0 bridgehead atoms. The van der Waals surface area contributed by atoms with Crippen LogP contribution in [-0.4, -0.2) is 22.8 Å². The van der Waals surface area contributed by atoms with Crippen molar-refractivity contribution in [3.63, 3.8) is 0 Å². The van der Waals surface area contributed by atoms with E-state index in [0.717, 1.165) is 17.0 Å². The van der Waals surface area contributed by atoms with E-state index in [9.17, 15) is 4.79 Å². The van der Waals surface area contributed by atoms with E-state index >= 15 is 0 Å². The Morgan fingerprint density at radius 1 is 1.06 bits per heavy atom. The summed E-state index contributed by atoms with van der Waals surface area (Å²) in [5, 5.41) is 8.31. The molecule has 2 heterocycles. The fourth-order valence-corrected chi connectivity index (χ4v) is 3.66. The average molecular weight is 486 g/mol. The van der Waals surface area contributed by atoms with Crippen LogP contribution < -0.4 is 14.8 Å². The van der Waals surface area contributed by atoms with Gasteiger partial charge in [0.05, 0.1) is 13.7 Å². The molecule has 1 N–H and O–H groups in total. The zero-order valence-corrected chi connectivity index (χ0v) is 19.5. The van der Waals surface area contributed by atoms with Gasteiger partial charge in [-0.05, 0) is 55.5 Å². The molecular weight excluding hydrogens is 465 g/mol. The van der Waals surface area contributed by atoms with Crippen molar-refractivity contribution in [3.05, 3.63) is 93.5 Å². The van der Waals surface area contributed by atoms with Crippen molar-refractivity contribution in [3.8, 4) is 11.5 Å². The number of rotatable bonds is 8. The molecule has 0 saturated carbocycles. The zero-order valence-electron chi connectivity index (χ0n) is 18.0. The van der Waals surface area contributed by atoms with Crippen molar-refractivity contribution in [2.45, 2.75) is 20.1 Å². The number of anilines is 1. The van der Waals surface area contributed by atoms with E-state index in [1.165, 1.54) is 0 Å². The second kappa shape index (κ2) is 10.0. The Labute approximate surface area is 200 Å². The number of aryl methyl sites for hydroxylation is 1. The smallest absolute Gasteiger partial charge is 0.292 e. The SMILES string of the molecule is COc1ccc(OCc2ccc(C(=O)Nc3cc(C)n(Cc4c(Cl)cccc4Cl)n3)o2)cc1. The Hall–Kier alpha value is -3.42. The molecule has 0 radical (unpaired) electrons. The monoisotopic (exact) mass is 485 g/mol. The normalized spacial score (nSPS) is 10.8. The van der Waals surface area contributed by atoms with E-state index in [4.69, 9.17) is 37.1 Å². The number of nitrogens with zero attached hydrogens (tertiary/aromatic N) is 2. The van der Waals surface area contributed by atoms with Gasteiger partial charge in [-0.25, -0.2) is 0 Å². The first-order valence-electron chi connectivity index (χ1n) is 10.1. The topological polar surface area (TPSA) is 78.5 Å². The summed E-state index contributed by atoms with van der Waals surface area (Å²) in [6, 6.07) is 17.6. The van der Waals surface area contributed by atoms with Crippen LogP contribution in [0.25, 0.3) is 0 Å². The summed E-state index contributed by atoms with van der Waals surface area (Å²) in [5.41, 5.74) is 1.60. The number of hydrogen-bond donors (Lipinski definition) is 1. The predicted octanol–water partition coefficient (Wildman–Crippen LogP) is 5.98. The molecular formula is C24H21Cl2N3O4. The van der Waals surface area contributed by atoms with Crippen LogP contribution in [0.2, 0.25) is 10.0 Å². The van der Waals surface area contributed by atoms with Crippen LogP contribution in [0, 0.1) is 6.92 Å². The van der Waals surface area contributed by atoms with Crippen LogP contribution in [0.1, 0.15) is 27.6 Å². The first-order valence-corrected chi connectivity index (χ1v) is 10.8. The molecule has 2 aromatic carbocycles. The van der Waals surface area contributed by atoms with Gasteiger partial charge in [0.2, 0.25) is 0 Å². The number of benzene rings is 2. The molecule has 170 valence electrons. The minimum atomic E-state index is -0.411. The highest BCUT2D eigenvalue weighted by Gasteiger charge is 2.15. The highest BCUT2D eigenvalue weighted by molar-refractivity contribution is 6.35. The second-order valence-corrected chi connectivity index (χ2v) is 8.03. The van der Waals surface area contributed by atoms with Crippen LogP contribution >= 0.6 is 23.2 Å². The summed E-state index contributed by atoms with van der Waals surface area (Å²) in [5.74, 6) is 2.07. The molecule has 9 heteroatoms. The molecule has 0 spiro atoms. The molecule has 1 amide bonds. The lowest BCUT2D eigenvalue weighted by Gasteiger charge is -2.08. The van der Waals surface area contributed by atoms with E-state index in [0.29, 0.717) is 33.9 Å². The standard InChI is InChI=1S/C24H21Cl2N3O4/c1-15-12-23(28-29(15)13-19-20(25)4-3-5-21(19)26)27-24(30)22-11-10-18(33-22)14-32-17-8-6-16(31-2)7-9-17/h3-12H,13-14H2,1-2H3,(H,27,28,30). The summed E-state index contributed by atoms with van der Waals surface area (Å²) in [6.45, 7) is 2.45. The molecule has 33 heavy (non-hydrogen) atoms. The fourth-order valence-electron chi connectivity index (χ4n) is 3.15. The van der Waals surface area contributed by atoms with E-state index in [1.807, 2.05) is 6.92 Å². The quantitative estimate of drug-likeness (QED) is 0.332. The van der Waals surface area contributed by atoms with Crippen LogP contribution in [0.3, 0.4) is 0 Å². The molecule has 0 saturated heterocycles. The number of nitrogens with one attached hydrogen (secondary N) is 1. The summed E-state index contributed by atoms with van der Waals surface area (Å²) in [4.78, 5) is 12.6. The number of methoxy groups -OCH3 is 1. The maximum Gasteiger partial charge on any atom is 0.292 e. The fraction of sp³-hybridized carbons (Fsp3) is 0.167. The van der Waals surface area contributed by atoms with E-state index in [-0.39, 0.29) is 12.4 Å². The van der Waals surface area contributed by atoms with Gasteiger partial charge in [0, 0.05) is 27.4 Å². The number of ether oxygens (including phenoxy) is 2. The third-order valence-electron chi connectivity index (χ3n) is 4.92. The van der Waals surface area contributed by atoms with Gasteiger partial charge in [-0.1, -0.05) is 29.3 Å². The number of halogens is 2. The number of hydrogen-bond acceptors (Lipinski definition) is 5. The van der Waals surface area contributed by atoms with Crippen molar-refractivity contribution in [1.29, 1.82) is 0 Å². The van der Waals surface area contributed by atoms with Gasteiger partial charge in [0.15, 0.2) is 11.6 Å². The van der Waals surface area contributed by atoms with Gasteiger partial charge in [0.1, 0.15) is 23.9 Å². The maximum absolute atomic E-state index is 12.6. The minimum absolute atomic E-state index is 0.157. The van der Waals surface area contributed by atoms with Crippen molar-refractivity contribution < 1.29 is 18.7 Å². The van der Waals surface area contributed by atoms with Gasteiger partial charge < -0.3 is 19.2 Å². The lowest BCUT2D eigenvalue weighted by atomic mass is 10.2. The average Bonchev–Trinajstić information content (AvgIpc) is 3.42. The number of aromatic nitrogens is 2. The first-order chi connectivity index (χ1) is 15.9. The van der Waals surface area contributed by atoms with Gasteiger partial charge >= 0.3 is 0 Å². The van der Waals surface area contributed by atoms with E-state index in [2.05, 4.69) is 10.4 Å². The number of carbonyl (C=O) groups excluding carboxylic acids is 1. The van der Waals surface area contributed by atoms with Crippen LogP contribution in [0.5, 0.6) is 11.5 Å². The molecule has 4 rings (SSSR count). The number of carbonyl (C=O) groups is 1. The van der Waals surface area contributed by atoms with Gasteiger partial charge in [-0.15, -0.1) is 0 Å². The number of amides is 1. The van der Waals surface area contributed by atoms with Crippen molar-refractivity contribution >= 4 is 34.9 Å². The third kappa shape index (κ3) is 5.50. The predicted molar refractivity (Wildman–Crippen MR) is 127 cm³/mol. The summed E-state index contributed by atoms with van der Waals surface area (Å²) in [7, 11) is 1.60. The molecule has 0 aliphatic heterocycles. The molecule has 2 aromatic heterocycles. The lowest BCUT2D eigenvalue weighted by Crippen LogP contribution is -2.12. The summed E-state index contributed by atoms with van der Waals surface area (Å²) < 4.78 is 18.1. The molecule has 4 aromatic rings. The Morgan fingerprint density at radius 3 is 2.45 bits per heavy atom. The molecule has 0 atom stereocenters. The minimum Gasteiger partial charge on any atom is -0.497 e. The van der Waals surface area contributed by atoms with E-state index < -0.39 is 5.91 Å². The highest BCUT2D eigenvalue weighted by atomic mass is 35.5. The second-order valence-electron chi connectivity index (χ2n) is 7.21. The van der Waals surface area contributed by atoms with Crippen molar-refractivity contribution in [1.82, 2.24) is 9.78 Å². The molecule has 7 nitrogen and oxygen atoms in total. The molecule has 0 aliphatic rings. The van der Waals surface area contributed by atoms with Crippen LogP contribution in [0.4, 0.5) is 5.82 Å². The van der Waals surface area contributed by atoms with Gasteiger partial charge in [0.25, 0.3) is 5.91 Å². The van der Waals surface area contributed by atoms with Crippen molar-refractivity contribution in [2.24, 2.45) is 0 Å². The maximum atomic E-state index is 12.6. The Bertz CT molecular complexity index is 1240. The van der Waals surface area contributed by atoms with Crippen LogP contribution in [-0.2, 0) is 13.2 Å². The summed E-state index contributed by atoms with van der Waals surface area (Å²) >= 11 is 12.5. The zero-order chi connectivity index (χ0) is 23.4. The highest BCUT2D eigenvalue weighted by Crippen LogP contribution is 2.26. The molecule has 0 fully saturated rings. The van der Waals surface area contributed by atoms with Gasteiger partial charge in [-0.2, -0.15) is 5.10 Å². The largest absolute Gasteiger partial charge is 0.497 e.